The van der Waals surface area contributed by atoms with E-state index in [4.69, 9.17) is 13.9 Å². The van der Waals surface area contributed by atoms with E-state index >= 15 is 0 Å². The molecule has 10 nitrogen and oxygen atoms in total. The van der Waals surface area contributed by atoms with Gasteiger partial charge in [-0.2, -0.15) is 0 Å². The zero-order valence-electron chi connectivity index (χ0n) is 16.9. The number of ether oxygens (including phenoxy) is 2. The number of nitrogens with zero attached hydrogens (tertiary/aromatic N) is 3. The fraction of sp³-hybridized carbons (Fsp3) is 0.190. The zero-order valence-corrected chi connectivity index (χ0v) is 16.9. The molecule has 3 aromatic rings. The normalized spacial score (nSPS) is 10.8. The highest BCUT2D eigenvalue weighted by atomic mass is 16.6. The molecule has 0 spiro atoms. The number of benzene rings is 2. The monoisotopic (exact) mass is 424 g/mol. The van der Waals surface area contributed by atoms with E-state index in [1.54, 1.807) is 18.2 Å². The predicted octanol–water partition coefficient (Wildman–Crippen LogP) is 4.09. The molecular formula is C21H20N4O6. The van der Waals surface area contributed by atoms with Crippen LogP contribution in [0.4, 0.5) is 11.7 Å². The van der Waals surface area contributed by atoms with Gasteiger partial charge >= 0.3 is 6.01 Å². The van der Waals surface area contributed by atoms with Crippen LogP contribution in [0.2, 0.25) is 0 Å². The van der Waals surface area contributed by atoms with Crippen LogP contribution in [-0.4, -0.2) is 34.2 Å². The standard InChI is InChI=1S/C21H20N4O6/c1-3-29-17-11-8-15(13-18(17)30-4-2)20-23-24-21(31-20)22-19(26)12-7-14-5-9-16(10-6-14)25(27)28/h5-13H,3-4H2,1-2H3,(H,22,24,26). The number of amides is 1. The largest absolute Gasteiger partial charge is 0.490 e. The Hall–Kier alpha value is -4.21. The van der Waals surface area contributed by atoms with Crippen molar-refractivity contribution < 1.29 is 23.6 Å². The molecule has 10 heteroatoms. The molecule has 0 atom stereocenters. The van der Waals surface area contributed by atoms with Crippen LogP contribution in [-0.2, 0) is 4.79 Å². The van der Waals surface area contributed by atoms with Gasteiger partial charge in [0.05, 0.1) is 18.1 Å². The molecule has 3 rings (SSSR count). The summed E-state index contributed by atoms with van der Waals surface area (Å²) < 4.78 is 16.6. The van der Waals surface area contributed by atoms with Crippen LogP contribution in [0.5, 0.6) is 11.5 Å². The number of nitro groups is 1. The van der Waals surface area contributed by atoms with E-state index in [0.29, 0.717) is 35.8 Å². The summed E-state index contributed by atoms with van der Waals surface area (Å²) in [5.41, 5.74) is 1.22. The molecule has 2 aromatic carbocycles. The summed E-state index contributed by atoms with van der Waals surface area (Å²) in [5, 5.41) is 20.9. The number of nitro benzene ring substituents is 1. The van der Waals surface area contributed by atoms with Crippen molar-refractivity contribution in [2.45, 2.75) is 13.8 Å². The summed E-state index contributed by atoms with van der Waals surface area (Å²) in [6.07, 6.45) is 2.77. The minimum Gasteiger partial charge on any atom is -0.490 e. The Kier molecular flexibility index (Phi) is 6.94. The number of nitrogens with one attached hydrogen (secondary N) is 1. The molecular weight excluding hydrogens is 404 g/mol. The Morgan fingerprint density at radius 2 is 1.81 bits per heavy atom. The lowest BCUT2D eigenvalue weighted by Crippen LogP contribution is -2.07. The Morgan fingerprint density at radius 3 is 2.48 bits per heavy atom. The van der Waals surface area contributed by atoms with Gasteiger partial charge in [0.1, 0.15) is 0 Å². The molecule has 1 amide bonds. The molecule has 1 N–H and O–H groups in total. The van der Waals surface area contributed by atoms with Crippen LogP contribution in [0.25, 0.3) is 17.5 Å². The second-order valence-corrected chi connectivity index (χ2v) is 6.11. The van der Waals surface area contributed by atoms with E-state index in [2.05, 4.69) is 15.5 Å². The van der Waals surface area contributed by atoms with Crippen molar-refractivity contribution in [2.24, 2.45) is 0 Å². The SMILES string of the molecule is CCOc1ccc(-c2nnc(NC(=O)C=Cc3ccc([N+](=O)[O-])cc3)o2)cc1OCC. The van der Waals surface area contributed by atoms with Crippen molar-refractivity contribution in [2.75, 3.05) is 18.5 Å². The summed E-state index contributed by atoms with van der Waals surface area (Å²) in [5.74, 6) is 0.878. The number of carbonyl (C=O) groups excluding carboxylic acids is 1. The first-order chi connectivity index (χ1) is 15.0. The molecule has 1 aromatic heterocycles. The second-order valence-electron chi connectivity index (χ2n) is 6.11. The lowest BCUT2D eigenvalue weighted by Gasteiger charge is -2.11. The van der Waals surface area contributed by atoms with Crippen LogP contribution >= 0.6 is 0 Å². The Balaban J connectivity index is 1.67. The summed E-state index contributed by atoms with van der Waals surface area (Å²) >= 11 is 0. The van der Waals surface area contributed by atoms with E-state index < -0.39 is 10.8 Å². The van der Waals surface area contributed by atoms with Crippen molar-refractivity contribution in [1.82, 2.24) is 10.2 Å². The van der Waals surface area contributed by atoms with Gasteiger partial charge in [-0.3, -0.25) is 20.2 Å². The van der Waals surface area contributed by atoms with Gasteiger partial charge in [0, 0.05) is 23.8 Å². The van der Waals surface area contributed by atoms with Gasteiger partial charge in [-0.05, 0) is 55.8 Å². The minimum atomic E-state index is -0.491. The third-order valence-corrected chi connectivity index (χ3v) is 3.98. The van der Waals surface area contributed by atoms with Gasteiger partial charge < -0.3 is 13.9 Å². The number of anilines is 1. The summed E-state index contributed by atoms with van der Waals surface area (Å²) in [6, 6.07) is 10.9. The average Bonchev–Trinajstić information content (AvgIpc) is 3.22. The molecule has 0 bridgehead atoms. The zero-order chi connectivity index (χ0) is 22.2. The molecule has 0 aliphatic heterocycles. The number of aromatic nitrogens is 2. The first kappa shape index (κ1) is 21.5. The predicted molar refractivity (Wildman–Crippen MR) is 113 cm³/mol. The molecule has 160 valence electrons. The smallest absolute Gasteiger partial charge is 0.322 e. The van der Waals surface area contributed by atoms with E-state index in [-0.39, 0.29) is 17.6 Å². The lowest BCUT2D eigenvalue weighted by atomic mass is 10.2. The Morgan fingerprint density at radius 1 is 1.10 bits per heavy atom. The summed E-state index contributed by atoms with van der Waals surface area (Å²) in [6.45, 7) is 4.72. The number of hydrogen-bond acceptors (Lipinski definition) is 8. The Labute approximate surface area is 177 Å². The van der Waals surface area contributed by atoms with Crippen LogP contribution in [0.15, 0.2) is 53.0 Å². The first-order valence-electron chi connectivity index (χ1n) is 9.47. The quantitative estimate of drug-likeness (QED) is 0.309. The molecule has 0 radical (unpaired) electrons. The number of non-ortho nitro benzene ring substituents is 1. The highest BCUT2D eigenvalue weighted by Gasteiger charge is 2.14. The number of hydrogen-bond donors (Lipinski definition) is 1. The van der Waals surface area contributed by atoms with Gasteiger partial charge in [-0.15, -0.1) is 5.10 Å². The molecule has 31 heavy (non-hydrogen) atoms. The topological polar surface area (TPSA) is 130 Å². The maximum Gasteiger partial charge on any atom is 0.322 e. The highest BCUT2D eigenvalue weighted by Crippen LogP contribution is 2.32. The molecule has 0 aliphatic rings. The molecule has 0 unspecified atom stereocenters. The maximum atomic E-state index is 12.1. The lowest BCUT2D eigenvalue weighted by molar-refractivity contribution is -0.384. The second kappa shape index (κ2) is 10.0. The van der Waals surface area contributed by atoms with E-state index in [9.17, 15) is 14.9 Å². The summed E-state index contributed by atoms with van der Waals surface area (Å²) in [4.78, 5) is 22.3. The van der Waals surface area contributed by atoms with E-state index in [1.165, 1.54) is 36.4 Å². The number of carbonyl (C=O) groups is 1. The van der Waals surface area contributed by atoms with E-state index in [1.807, 2.05) is 13.8 Å². The molecule has 0 saturated carbocycles. The van der Waals surface area contributed by atoms with Gasteiger partial charge in [0.15, 0.2) is 11.5 Å². The fourth-order valence-electron chi connectivity index (χ4n) is 2.60. The third-order valence-electron chi connectivity index (χ3n) is 3.98. The van der Waals surface area contributed by atoms with Gasteiger partial charge in [-0.1, -0.05) is 5.10 Å². The van der Waals surface area contributed by atoms with E-state index in [0.717, 1.165) is 0 Å². The maximum absolute atomic E-state index is 12.1. The van der Waals surface area contributed by atoms with Crippen molar-refractivity contribution in [3.8, 4) is 23.0 Å². The average molecular weight is 424 g/mol. The minimum absolute atomic E-state index is 0.0261. The Bertz CT molecular complexity index is 1090. The van der Waals surface area contributed by atoms with Crippen molar-refractivity contribution in [3.05, 3.63) is 64.2 Å². The molecule has 0 saturated heterocycles. The molecule has 0 aliphatic carbocycles. The number of rotatable bonds is 9. The molecule has 1 heterocycles. The van der Waals surface area contributed by atoms with Crippen molar-refractivity contribution in [1.29, 1.82) is 0 Å². The molecule has 0 fully saturated rings. The third kappa shape index (κ3) is 5.66. The van der Waals surface area contributed by atoms with Crippen LogP contribution in [0, 0.1) is 10.1 Å². The van der Waals surface area contributed by atoms with Gasteiger partial charge in [0.2, 0.25) is 5.89 Å². The van der Waals surface area contributed by atoms with Gasteiger partial charge in [0.25, 0.3) is 11.6 Å². The van der Waals surface area contributed by atoms with Crippen molar-refractivity contribution >= 4 is 23.7 Å². The fourth-order valence-corrected chi connectivity index (χ4v) is 2.60. The van der Waals surface area contributed by atoms with Gasteiger partial charge in [-0.25, -0.2) is 0 Å². The highest BCUT2D eigenvalue weighted by molar-refractivity contribution is 6.00. The van der Waals surface area contributed by atoms with Crippen molar-refractivity contribution in [3.63, 3.8) is 0 Å². The first-order valence-corrected chi connectivity index (χ1v) is 9.47. The van der Waals surface area contributed by atoms with Crippen LogP contribution in [0.3, 0.4) is 0 Å². The summed E-state index contributed by atoms with van der Waals surface area (Å²) in [7, 11) is 0. The van der Waals surface area contributed by atoms with Crippen LogP contribution < -0.4 is 14.8 Å². The van der Waals surface area contributed by atoms with Crippen LogP contribution in [0.1, 0.15) is 19.4 Å².